The second-order valence-electron chi connectivity index (χ2n) is 11.1. The SMILES string of the molecule is [2H]c1c([2H])c([2H])c(-c2c3c([2H])c([2H])c([2H])c([2H])c3c(-c3cc(-n4c5ccccc5c5ccccc54)c4oc5ccccc5c4c3)c3c([2H])c([2H])c([2H])c([2H])c23)c([2H])c1[2H]. The summed E-state index contributed by atoms with van der Waals surface area (Å²) in [7, 11) is 0. The molecule has 0 aliphatic carbocycles. The highest BCUT2D eigenvalue weighted by molar-refractivity contribution is 6.23. The van der Waals surface area contributed by atoms with E-state index in [1.54, 1.807) is 12.1 Å². The Morgan fingerprint density at radius 3 is 1.54 bits per heavy atom. The highest BCUT2D eigenvalue weighted by atomic mass is 16.3. The van der Waals surface area contributed by atoms with Gasteiger partial charge in [-0.25, -0.2) is 0 Å². The lowest BCUT2D eigenvalue weighted by Gasteiger charge is -2.19. The van der Waals surface area contributed by atoms with Crippen molar-refractivity contribution in [2.24, 2.45) is 0 Å². The summed E-state index contributed by atoms with van der Waals surface area (Å²) in [5.41, 5.74) is 2.85. The fourth-order valence-corrected chi connectivity index (χ4v) is 6.84. The number of rotatable bonds is 3. The van der Waals surface area contributed by atoms with Gasteiger partial charge in [0.2, 0.25) is 0 Å². The van der Waals surface area contributed by atoms with Crippen LogP contribution in [0.15, 0.2) is 168 Å². The first-order valence-electron chi connectivity index (χ1n) is 21.2. The molecule has 0 bridgehead atoms. The molecule has 2 aromatic heterocycles. The third kappa shape index (κ3) is 3.53. The number of benzene rings is 8. The zero-order chi connectivity index (χ0) is 41.5. The van der Waals surface area contributed by atoms with E-state index in [2.05, 4.69) is 0 Å². The first-order valence-corrected chi connectivity index (χ1v) is 14.7. The smallest absolute Gasteiger partial charge is 0.159 e. The summed E-state index contributed by atoms with van der Waals surface area (Å²) >= 11 is 0. The van der Waals surface area contributed by atoms with Crippen molar-refractivity contribution < 1.29 is 22.2 Å². The van der Waals surface area contributed by atoms with Gasteiger partial charge in [0.15, 0.2) is 5.58 Å². The van der Waals surface area contributed by atoms with Gasteiger partial charge in [0, 0.05) is 21.5 Å². The zero-order valence-corrected chi connectivity index (χ0v) is 23.9. The molecule has 46 heavy (non-hydrogen) atoms. The van der Waals surface area contributed by atoms with Gasteiger partial charge in [0.1, 0.15) is 5.58 Å². The van der Waals surface area contributed by atoms with Crippen molar-refractivity contribution in [1.82, 2.24) is 4.57 Å². The normalized spacial score (nSPS) is 15.9. The molecule has 214 valence electrons. The van der Waals surface area contributed by atoms with Gasteiger partial charge in [0.05, 0.1) is 34.5 Å². The van der Waals surface area contributed by atoms with E-state index in [1.807, 2.05) is 77.4 Å². The predicted octanol–water partition coefficient (Wildman–Crippen LogP) is 12.3. The Labute approximate surface area is 283 Å². The topological polar surface area (TPSA) is 18.1 Å². The summed E-state index contributed by atoms with van der Waals surface area (Å²) in [4.78, 5) is 0. The molecule has 10 rings (SSSR count). The number of para-hydroxylation sites is 3. The van der Waals surface area contributed by atoms with Crippen molar-refractivity contribution in [1.29, 1.82) is 0 Å². The molecule has 0 atom stereocenters. The average Bonchev–Trinajstić information content (AvgIpc) is 3.79. The van der Waals surface area contributed by atoms with E-state index in [0.717, 1.165) is 27.2 Å². The van der Waals surface area contributed by atoms with E-state index in [1.165, 1.54) is 0 Å². The van der Waals surface area contributed by atoms with Crippen LogP contribution in [0.3, 0.4) is 0 Å². The van der Waals surface area contributed by atoms with Crippen LogP contribution < -0.4 is 0 Å². The van der Waals surface area contributed by atoms with Crippen molar-refractivity contribution in [2.75, 3.05) is 0 Å². The molecule has 10 aromatic rings. The number of nitrogens with zero attached hydrogens (tertiary/aromatic N) is 1. The van der Waals surface area contributed by atoms with Crippen molar-refractivity contribution >= 4 is 65.3 Å². The second-order valence-corrected chi connectivity index (χ2v) is 11.1. The van der Waals surface area contributed by atoms with Crippen molar-refractivity contribution in [3.05, 3.63) is 163 Å². The minimum Gasteiger partial charge on any atom is -0.454 e. The maximum atomic E-state index is 9.46. The molecule has 0 amide bonds. The van der Waals surface area contributed by atoms with Gasteiger partial charge in [-0.15, -0.1) is 0 Å². The van der Waals surface area contributed by atoms with Gasteiger partial charge in [-0.05, 0) is 74.1 Å². The molecular weight excluding hydrogens is 558 g/mol. The number of fused-ring (bicyclic) bond motifs is 8. The number of hydrogen-bond donors (Lipinski definition) is 0. The fourth-order valence-electron chi connectivity index (χ4n) is 6.84. The van der Waals surface area contributed by atoms with Crippen LogP contribution in [-0.2, 0) is 0 Å². The minimum atomic E-state index is -0.721. The number of furan rings is 1. The molecule has 2 heterocycles. The van der Waals surface area contributed by atoms with Crippen molar-refractivity contribution in [3.63, 3.8) is 0 Å². The zero-order valence-electron chi connectivity index (χ0n) is 36.9. The molecule has 2 nitrogen and oxygen atoms in total. The van der Waals surface area contributed by atoms with Crippen LogP contribution in [0.5, 0.6) is 0 Å². The molecule has 0 radical (unpaired) electrons. The summed E-state index contributed by atoms with van der Waals surface area (Å²) in [6.07, 6.45) is 0. The van der Waals surface area contributed by atoms with Crippen LogP contribution in [0.2, 0.25) is 0 Å². The molecule has 8 aromatic carbocycles. The van der Waals surface area contributed by atoms with E-state index >= 15 is 0 Å². The summed E-state index contributed by atoms with van der Waals surface area (Å²) < 4.78 is 125. The predicted molar refractivity (Wildman–Crippen MR) is 194 cm³/mol. The number of hydrogen-bond acceptors (Lipinski definition) is 1. The maximum absolute atomic E-state index is 9.46. The molecule has 0 aliphatic rings. The van der Waals surface area contributed by atoms with E-state index in [4.69, 9.17) is 16.8 Å². The Balaban J connectivity index is 1.51. The lowest BCUT2D eigenvalue weighted by Crippen LogP contribution is -1.96. The van der Waals surface area contributed by atoms with Gasteiger partial charge in [-0.3, -0.25) is 0 Å². The van der Waals surface area contributed by atoms with E-state index in [0.29, 0.717) is 27.8 Å². The van der Waals surface area contributed by atoms with Crippen molar-refractivity contribution in [3.8, 4) is 27.9 Å². The largest absolute Gasteiger partial charge is 0.454 e. The highest BCUT2D eigenvalue weighted by Crippen LogP contribution is 2.46. The molecule has 0 saturated carbocycles. The lowest BCUT2D eigenvalue weighted by molar-refractivity contribution is 0.666. The lowest BCUT2D eigenvalue weighted by atomic mass is 9.85. The first-order chi connectivity index (χ1) is 28.2. The standard InChI is InChI=1S/C44H27NO/c1-2-14-28(15-3-1)42-33-19-4-6-21-35(33)43(36-22-7-5-20-34(36)42)29-26-37-32-18-10-13-25-41(32)46-44(37)40(27-29)45-38-23-11-8-16-30(38)31-17-9-12-24-39(31)45/h1-27H/i1D,2D,3D,4D,5D,6D,7D,14D,15D,19D,20D,21D,22D. The van der Waals surface area contributed by atoms with E-state index in [9.17, 15) is 5.48 Å². The Morgan fingerprint density at radius 1 is 0.435 bits per heavy atom. The Morgan fingerprint density at radius 2 is 0.935 bits per heavy atom. The molecule has 0 aliphatic heterocycles. The Hall–Kier alpha value is -6.12. The van der Waals surface area contributed by atoms with Crippen LogP contribution >= 0.6 is 0 Å². The third-order valence-electron chi connectivity index (χ3n) is 8.69. The molecule has 0 unspecified atom stereocenters. The maximum Gasteiger partial charge on any atom is 0.159 e. The molecule has 0 N–H and O–H groups in total. The van der Waals surface area contributed by atoms with Gasteiger partial charge >= 0.3 is 0 Å². The quantitative estimate of drug-likeness (QED) is 0.185. The molecule has 0 spiro atoms. The Kier molecular flexibility index (Phi) is 3.32. The number of aromatic nitrogens is 1. The Bertz CT molecular complexity index is 3390. The van der Waals surface area contributed by atoms with E-state index in [-0.39, 0.29) is 32.7 Å². The molecule has 0 saturated heterocycles. The van der Waals surface area contributed by atoms with Crippen LogP contribution in [0.4, 0.5) is 0 Å². The van der Waals surface area contributed by atoms with Crippen molar-refractivity contribution in [2.45, 2.75) is 0 Å². The van der Waals surface area contributed by atoms with Gasteiger partial charge in [-0.2, -0.15) is 0 Å². The summed E-state index contributed by atoms with van der Waals surface area (Å²) in [5.74, 6) is 0. The van der Waals surface area contributed by atoms with Gasteiger partial charge in [0.25, 0.3) is 0 Å². The minimum absolute atomic E-state index is 0.0410. The van der Waals surface area contributed by atoms with Gasteiger partial charge in [-0.1, -0.05) is 133 Å². The van der Waals surface area contributed by atoms with Crippen LogP contribution in [0.25, 0.3) is 93.2 Å². The molecule has 2 heteroatoms. The molecule has 0 fully saturated rings. The van der Waals surface area contributed by atoms with E-state index < -0.39 is 84.1 Å². The van der Waals surface area contributed by atoms with Gasteiger partial charge < -0.3 is 8.98 Å². The van der Waals surface area contributed by atoms with Crippen LogP contribution in [0.1, 0.15) is 17.8 Å². The molecular formula is C44H27NO. The first kappa shape index (κ1) is 15.7. The van der Waals surface area contributed by atoms with Crippen LogP contribution in [0, 0.1) is 0 Å². The summed E-state index contributed by atoms with van der Waals surface area (Å²) in [6, 6.07) is 18.2. The highest BCUT2D eigenvalue weighted by Gasteiger charge is 2.22. The summed E-state index contributed by atoms with van der Waals surface area (Å²) in [5, 5.41) is 2.41. The fraction of sp³-hybridized carbons (Fsp3) is 0. The average molecular weight is 599 g/mol. The third-order valence-corrected chi connectivity index (χ3v) is 8.69. The van der Waals surface area contributed by atoms with Crippen LogP contribution in [-0.4, -0.2) is 4.57 Å². The summed E-state index contributed by atoms with van der Waals surface area (Å²) in [6.45, 7) is 0. The monoisotopic (exact) mass is 598 g/mol. The second kappa shape index (κ2) is 9.69.